The summed E-state index contributed by atoms with van der Waals surface area (Å²) in [6.07, 6.45) is 5.58. The Hall–Kier alpha value is -2.82. The predicted molar refractivity (Wildman–Crippen MR) is 83.0 cm³/mol. The van der Waals surface area contributed by atoms with E-state index in [2.05, 4.69) is 0 Å². The van der Waals surface area contributed by atoms with Crippen LogP contribution in [0, 0.1) is 0 Å². The molecule has 1 atom stereocenters. The first-order chi connectivity index (χ1) is 10.6. The van der Waals surface area contributed by atoms with Crippen LogP contribution in [-0.2, 0) is 11.3 Å². The smallest absolute Gasteiger partial charge is 0.344 e. The van der Waals surface area contributed by atoms with E-state index >= 15 is 0 Å². The van der Waals surface area contributed by atoms with Gasteiger partial charge in [0.1, 0.15) is 5.75 Å². The Morgan fingerprint density at radius 3 is 2.91 bits per heavy atom. The molecule has 5 nitrogen and oxygen atoms in total. The van der Waals surface area contributed by atoms with Gasteiger partial charge in [0.15, 0.2) is 12.4 Å². The van der Waals surface area contributed by atoms with E-state index in [4.69, 9.17) is 9.84 Å². The van der Waals surface area contributed by atoms with Gasteiger partial charge in [0, 0.05) is 12.7 Å². The number of carbonyl (C=O) groups excluding carboxylic acids is 1. The van der Waals surface area contributed by atoms with Crippen molar-refractivity contribution in [1.82, 2.24) is 4.57 Å². The molecule has 1 aromatic heterocycles. The Morgan fingerprint density at radius 1 is 1.36 bits per heavy atom. The van der Waals surface area contributed by atoms with Gasteiger partial charge in [-0.05, 0) is 36.8 Å². The largest absolute Gasteiger partial charge is 0.479 e. The summed E-state index contributed by atoms with van der Waals surface area (Å²) in [4.78, 5) is 21.6. The molecule has 2 aromatic rings. The molecule has 0 aliphatic heterocycles. The van der Waals surface area contributed by atoms with Gasteiger partial charge in [-0.25, -0.2) is 4.79 Å². The zero-order valence-corrected chi connectivity index (χ0v) is 12.2. The maximum Gasteiger partial charge on any atom is 0.344 e. The van der Waals surface area contributed by atoms with Crippen molar-refractivity contribution in [3.05, 3.63) is 59.9 Å². The van der Waals surface area contributed by atoms with Gasteiger partial charge >= 0.3 is 5.97 Å². The van der Waals surface area contributed by atoms with Crippen molar-refractivity contribution in [2.24, 2.45) is 0 Å². The molecule has 2 rings (SSSR count). The van der Waals surface area contributed by atoms with Crippen LogP contribution in [0.5, 0.6) is 5.75 Å². The number of carbonyl (C=O) groups is 2. The monoisotopic (exact) mass is 299 g/mol. The molecule has 0 fully saturated rings. The Bertz CT molecular complexity index is 687. The van der Waals surface area contributed by atoms with Gasteiger partial charge in [-0.1, -0.05) is 24.3 Å². The van der Waals surface area contributed by atoms with Crippen LogP contribution in [0.2, 0.25) is 0 Å². The third-order valence-electron chi connectivity index (χ3n) is 3.12. The predicted octanol–water partition coefficient (Wildman–Crippen LogP) is 2.87. The van der Waals surface area contributed by atoms with Gasteiger partial charge in [0.25, 0.3) is 0 Å². The third-order valence-corrected chi connectivity index (χ3v) is 3.12. The second-order valence-corrected chi connectivity index (χ2v) is 4.78. The topological polar surface area (TPSA) is 68.5 Å². The zero-order valence-electron chi connectivity index (χ0n) is 12.2. The summed E-state index contributed by atoms with van der Waals surface area (Å²) in [7, 11) is 0. The molecule has 1 aromatic carbocycles. The van der Waals surface area contributed by atoms with Crippen molar-refractivity contribution < 1.29 is 19.4 Å². The van der Waals surface area contributed by atoms with Crippen molar-refractivity contribution in [3.8, 4) is 5.75 Å². The number of aromatic nitrogens is 1. The van der Waals surface area contributed by atoms with Crippen LogP contribution in [0.15, 0.2) is 48.7 Å². The molecule has 0 unspecified atom stereocenters. The fraction of sp³-hybridized carbons (Fsp3) is 0.176. The van der Waals surface area contributed by atoms with Gasteiger partial charge in [-0.3, -0.25) is 4.79 Å². The molecule has 0 radical (unpaired) electrons. The number of allylic oxidation sites excluding steroid dienone is 1. The number of benzene rings is 1. The quantitative estimate of drug-likeness (QED) is 0.798. The Morgan fingerprint density at radius 2 is 2.18 bits per heavy atom. The molecule has 0 saturated carbocycles. The molecule has 1 heterocycles. The number of hydrogen-bond donors (Lipinski definition) is 1. The van der Waals surface area contributed by atoms with Crippen molar-refractivity contribution in [3.63, 3.8) is 0 Å². The van der Waals surface area contributed by atoms with E-state index in [9.17, 15) is 9.59 Å². The number of carboxylic acid groups (broad SMARTS) is 1. The lowest BCUT2D eigenvalue weighted by Crippen LogP contribution is -2.22. The molecule has 0 aliphatic carbocycles. The minimum absolute atomic E-state index is 0.506. The number of aldehydes is 1. The maximum absolute atomic E-state index is 10.8. The maximum atomic E-state index is 10.8. The highest BCUT2D eigenvalue weighted by atomic mass is 16.5. The van der Waals surface area contributed by atoms with Crippen LogP contribution in [0.1, 0.15) is 23.0 Å². The number of carboxylic acids is 1. The number of aliphatic carboxylic acids is 1. The van der Waals surface area contributed by atoms with Crippen molar-refractivity contribution in [2.75, 3.05) is 0 Å². The summed E-state index contributed by atoms with van der Waals surface area (Å²) in [6, 6.07) is 10.8. The van der Waals surface area contributed by atoms with E-state index in [1.54, 1.807) is 24.3 Å². The van der Waals surface area contributed by atoms with Crippen LogP contribution < -0.4 is 4.74 Å². The van der Waals surface area contributed by atoms with E-state index in [1.807, 2.05) is 35.0 Å². The molecule has 22 heavy (non-hydrogen) atoms. The average Bonchev–Trinajstić information content (AvgIpc) is 2.95. The summed E-state index contributed by atoms with van der Waals surface area (Å²) in [5, 5.41) is 8.84. The summed E-state index contributed by atoms with van der Waals surface area (Å²) in [5.74, 6) is -0.499. The summed E-state index contributed by atoms with van der Waals surface area (Å²) >= 11 is 0. The van der Waals surface area contributed by atoms with Gasteiger partial charge in [0.05, 0.1) is 5.69 Å². The van der Waals surface area contributed by atoms with Crippen LogP contribution in [0.25, 0.3) is 6.08 Å². The highest BCUT2D eigenvalue weighted by Gasteiger charge is 2.11. The second-order valence-electron chi connectivity index (χ2n) is 4.78. The normalized spacial score (nSPS) is 12.2. The molecule has 0 spiro atoms. The van der Waals surface area contributed by atoms with Gasteiger partial charge in [0.2, 0.25) is 0 Å². The molecule has 5 heteroatoms. The fourth-order valence-corrected chi connectivity index (χ4v) is 1.95. The summed E-state index contributed by atoms with van der Waals surface area (Å²) in [5.41, 5.74) is 1.52. The Kier molecular flexibility index (Phi) is 5.14. The first kappa shape index (κ1) is 15.6. The number of nitrogens with zero attached hydrogens (tertiary/aromatic N) is 1. The van der Waals surface area contributed by atoms with E-state index in [0.717, 1.165) is 11.8 Å². The molecule has 114 valence electrons. The SMILES string of the molecule is C[C@H](Oc1cccc(/C=C/Cn2cccc2C=O)c1)C(=O)O. The standard InChI is InChI=1S/C17H17NO4/c1-13(17(20)21)22-16-8-2-5-14(11-16)6-3-9-18-10-4-7-15(18)12-19/h2-8,10-13H,9H2,1H3,(H,20,21)/b6-3+/t13-/m0/s1. The number of hydrogen-bond acceptors (Lipinski definition) is 3. The molecular formula is C17H17NO4. The molecule has 0 aliphatic rings. The van der Waals surface area contributed by atoms with E-state index in [-0.39, 0.29) is 0 Å². The fourth-order valence-electron chi connectivity index (χ4n) is 1.95. The van der Waals surface area contributed by atoms with E-state index in [1.165, 1.54) is 6.92 Å². The molecule has 1 N–H and O–H groups in total. The zero-order chi connectivity index (χ0) is 15.9. The number of rotatable bonds is 7. The molecular weight excluding hydrogens is 282 g/mol. The highest BCUT2D eigenvalue weighted by molar-refractivity contribution is 5.72. The minimum Gasteiger partial charge on any atom is -0.479 e. The summed E-state index contributed by atoms with van der Waals surface area (Å²) in [6.45, 7) is 2.07. The Labute approximate surface area is 128 Å². The van der Waals surface area contributed by atoms with Crippen LogP contribution in [0.4, 0.5) is 0 Å². The van der Waals surface area contributed by atoms with Crippen LogP contribution in [-0.4, -0.2) is 28.0 Å². The van der Waals surface area contributed by atoms with Crippen molar-refractivity contribution >= 4 is 18.3 Å². The van der Waals surface area contributed by atoms with Crippen molar-refractivity contribution in [1.29, 1.82) is 0 Å². The lowest BCUT2D eigenvalue weighted by molar-refractivity contribution is -0.144. The molecule has 0 saturated heterocycles. The van der Waals surface area contributed by atoms with Crippen LogP contribution in [0.3, 0.4) is 0 Å². The van der Waals surface area contributed by atoms with Gasteiger partial charge in [-0.2, -0.15) is 0 Å². The highest BCUT2D eigenvalue weighted by Crippen LogP contribution is 2.16. The first-order valence-corrected chi connectivity index (χ1v) is 6.86. The third kappa shape index (κ3) is 4.09. The summed E-state index contributed by atoms with van der Waals surface area (Å²) < 4.78 is 7.15. The lowest BCUT2D eigenvalue weighted by atomic mass is 10.2. The van der Waals surface area contributed by atoms with Gasteiger partial charge < -0.3 is 14.4 Å². The second kappa shape index (κ2) is 7.26. The van der Waals surface area contributed by atoms with Gasteiger partial charge in [-0.15, -0.1) is 0 Å². The average molecular weight is 299 g/mol. The van der Waals surface area contributed by atoms with E-state index < -0.39 is 12.1 Å². The first-order valence-electron chi connectivity index (χ1n) is 6.86. The molecule has 0 amide bonds. The van der Waals surface area contributed by atoms with Crippen molar-refractivity contribution in [2.45, 2.75) is 19.6 Å². The Balaban J connectivity index is 2.02. The minimum atomic E-state index is -1.00. The number of ether oxygens (including phenoxy) is 1. The van der Waals surface area contributed by atoms with Crippen LogP contribution >= 0.6 is 0 Å². The lowest BCUT2D eigenvalue weighted by Gasteiger charge is -2.10. The van der Waals surface area contributed by atoms with E-state index in [0.29, 0.717) is 18.0 Å². The molecule has 0 bridgehead atoms.